The first kappa shape index (κ1) is 15.8. The number of hydrogen-bond acceptors (Lipinski definition) is 6. The summed E-state index contributed by atoms with van der Waals surface area (Å²) in [7, 11) is 0. The topological polar surface area (TPSA) is 118 Å². The number of fused-ring (bicyclic) bond motifs is 1. The van der Waals surface area contributed by atoms with Gasteiger partial charge in [-0.3, -0.25) is 4.79 Å². The summed E-state index contributed by atoms with van der Waals surface area (Å²) in [6.45, 7) is -1.62. The monoisotopic (exact) mass is 311 g/mol. The zero-order valence-corrected chi connectivity index (χ0v) is 12.1. The van der Waals surface area contributed by atoms with Gasteiger partial charge in [0.05, 0.1) is 36.6 Å². The van der Waals surface area contributed by atoms with E-state index < -0.39 is 31.3 Å². The summed E-state index contributed by atoms with van der Waals surface area (Å²) in [5.41, 5.74) is 0.303. The molecule has 5 N–H and O–H groups in total. The molecule has 0 bridgehead atoms. The van der Waals surface area contributed by atoms with Gasteiger partial charge < -0.3 is 25.6 Å². The zero-order chi connectivity index (χ0) is 15.3. The lowest BCUT2D eigenvalue weighted by atomic mass is 10.0. The molecule has 0 aliphatic heterocycles. The number of aromatic nitrogens is 2. The number of thioether (sulfide) groups is 1. The molecule has 1 heterocycles. The van der Waals surface area contributed by atoms with Crippen LogP contribution in [0.4, 0.5) is 0 Å². The van der Waals surface area contributed by atoms with Crippen LogP contribution < -0.4 is 5.32 Å². The number of nitrogens with one attached hydrogen (secondary N) is 2. The van der Waals surface area contributed by atoms with Crippen LogP contribution in [0.3, 0.4) is 0 Å². The van der Waals surface area contributed by atoms with Crippen molar-refractivity contribution >= 4 is 28.7 Å². The molecule has 1 amide bonds. The van der Waals surface area contributed by atoms with Crippen molar-refractivity contribution in [2.24, 2.45) is 0 Å². The molecule has 7 nitrogen and oxygen atoms in total. The molecule has 0 aliphatic rings. The number of hydrogen-bond donors (Lipinski definition) is 5. The van der Waals surface area contributed by atoms with Crippen molar-refractivity contribution in [3.63, 3.8) is 0 Å². The fraction of sp³-hybridized carbons (Fsp3) is 0.385. The van der Waals surface area contributed by atoms with Gasteiger partial charge in [-0.2, -0.15) is 0 Å². The van der Waals surface area contributed by atoms with Crippen LogP contribution in [0.1, 0.15) is 0 Å². The predicted octanol–water partition coefficient (Wildman–Crippen LogP) is -0.513. The van der Waals surface area contributed by atoms with E-state index >= 15 is 0 Å². The van der Waals surface area contributed by atoms with E-state index in [0.717, 1.165) is 11.0 Å². The number of para-hydroxylation sites is 2. The zero-order valence-electron chi connectivity index (χ0n) is 11.2. The van der Waals surface area contributed by atoms with Gasteiger partial charge in [-0.1, -0.05) is 23.9 Å². The average molecular weight is 311 g/mol. The minimum absolute atomic E-state index is 0.0571. The van der Waals surface area contributed by atoms with Gasteiger partial charge in [-0.05, 0) is 12.1 Å². The number of aliphatic hydroxyl groups excluding tert-OH is 3. The van der Waals surface area contributed by atoms with E-state index in [2.05, 4.69) is 15.3 Å². The van der Waals surface area contributed by atoms with Gasteiger partial charge in [-0.25, -0.2) is 4.98 Å². The van der Waals surface area contributed by atoms with E-state index in [4.69, 9.17) is 15.3 Å². The van der Waals surface area contributed by atoms with E-state index in [9.17, 15) is 4.79 Å². The molecule has 0 radical (unpaired) electrons. The van der Waals surface area contributed by atoms with Crippen LogP contribution in [0, 0.1) is 0 Å². The largest absolute Gasteiger partial charge is 0.394 e. The summed E-state index contributed by atoms with van der Waals surface area (Å²) >= 11 is 1.20. The minimum atomic E-state index is -1.40. The number of amides is 1. The molecule has 0 atom stereocenters. The molecular weight excluding hydrogens is 294 g/mol. The van der Waals surface area contributed by atoms with Crippen LogP contribution in [0.25, 0.3) is 11.0 Å². The first-order valence-electron chi connectivity index (χ1n) is 6.33. The first-order chi connectivity index (χ1) is 10.1. The van der Waals surface area contributed by atoms with Crippen molar-refractivity contribution < 1.29 is 20.1 Å². The van der Waals surface area contributed by atoms with Crippen LogP contribution in [0.2, 0.25) is 0 Å². The smallest absolute Gasteiger partial charge is 0.231 e. The highest BCUT2D eigenvalue weighted by Gasteiger charge is 2.29. The number of aliphatic hydroxyl groups is 3. The van der Waals surface area contributed by atoms with Gasteiger partial charge in [0.2, 0.25) is 5.91 Å². The Bertz CT molecular complexity index is 571. The molecule has 2 aromatic rings. The second-order valence-electron chi connectivity index (χ2n) is 4.65. The Kier molecular flexibility index (Phi) is 5.18. The second kappa shape index (κ2) is 6.90. The molecule has 0 saturated heterocycles. The average Bonchev–Trinajstić information content (AvgIpc) is 2.94. The van der Waals surface area contributed by atoms with Gasteiger partial charge in [0.25, 0.3) is 0 Å². The standard InChI is InChI=1S/C13H17N3O4S/c17-6-13(7-18,8-19)16-11(20)5-21-12-14-9-3-1-2-4-10(9)15-12/h1-4,17-19H,5-8H2,(H,14,15)(H,16,20). The molecule has 0 fully saturated rings. The van der Waals surface area contributed by atoms with Gasteiger partial charge in [0.1, 0.15) is 5.54 Å². The summed E-state index contributed by atoms with van der Waals surface area (Å²) in [5.74, 6) is -0.348. The number of benzene rings is 1. The van der Waals surface area contributed by atoms with Gasteiger partial charge in [-0.15, -0.1) is 0 Å². The normalized spacial score (nSPS) is 11.8. The molecule has 8 heteroatoms. The number of nitrogens with zero attached hydrogens (tertiary/aromatic N) is 1. The fourth-order valence-electron chi connectivity index (χ4n) is 1.73. The molecule has 21 heavy (non-hydrogen) atoms. The van der Waals surface area contributed by atoms with E-state index in [0.29, 0.717) is 5.16 Å². The Morgan fingerprint density at radius 1 is 1.24 bits per heavy atom. The lowest BCUT2D eigenvalue weighted by Crippen LogP contribution is -2.57. The summed E-state index contributed by atoms with van der Waals surface area (Å²) in [6, 6.07) is 7.52. The van der Waals surface area contributed by atoms with Crippen molar-refractivity contribution in [1.82, 2.24) is 15.3 Å². The van der Waals surface area contributed by atoms with Crippen LogP contribution in [0.5, 0.6) is 0 Å². The van der Waals surface area contributed by atoms with E-state index in [1.165, 1.54) is 11.8 Å². The van der Waals surface area contributed by atoms with Crippen molar-refractivity contribution in [3.05, 3.63) is 24.3 Å². The number of imidazole rings is 1. The third kappa shape index (κ3) is 3.73. The number of aromatic amines is 1. The summed E-state index contributed by atoms with van der Waals surface area (Å²) in [4.78, 5) is 19.2. The Labute approximate surface area is 125 Å². The Morgan fingerprint density at radius 3 is 2.52 bits per heavy atom. The van der Waals surface area contributed by atoms with Crippen LogP contribution in [-0.2, 0) is 4.79 Å². The molecule has 114 valence electrons. The summed E-state index contributed by atoms with van der Waals surface area (Å²) < 4.78 is 0. The van der Waals surface area contributed by atoms with Crippen molar-refractivity contribution in [3.8, 4) is 0 Å². The van der Waals surface area contributed by atoms with Gasteiger partial charge >= 0.3 is 0 Å². The third-order valence-electron chi connectivity index (χ3n) is 3.02. The Morgan fingerprint density at radius 2 is 1.90 bits per heavy atom. The van der Waals surface area contributed by atoms with Gasteiger partial charge in [0.15, 0.2) is 5.16 Å². The maximum absolute atomic E-state index is 11.8. The summed E-state index contributed by atoms with van der Waals surface area (Å²) in [6.07, 6.45) is 0. The molecule has 0 spiro atoms. The predicted molar refractivity (Wildman–Crippen MR) is 78.9 cm³/mol. The molecule has 0 unspecified atom stereocenters. The van der Waals surface area contributed by atoms with Crippen molar-refractivity contribution in [2.45, 2.75) is 10.7 Å². The van der Waals surface area contributed by atoms with Crippen molar-refractivity contribution in [1.29, 1.82) is 0 Å². The first-order valence-corrected chi connectivity index (χ1v) is 7.32. The van der Waals surface area contributed by atoms with E-state index in [-0.39, 0.29) is 5.75 Å². The summed E-state index contributed by atoms with van der Waals surface area (Å²) in [5, 5.41) is 30.5. The maximum atomic E-state index is 11.8. The van der Waals surface area contributed by atoms with Crippen LogP contribution in [0.15, 0.2) is 29.4 Å². The highest BCUT2D eigenvalue weighted by atomic mass is 32.2. The van der Waals surface area contributed by atoms with Crippen molar-refractivity contribution in [2.75, 3.05) is 25.6 Å². The van der Waals surface area contributed by atoms with Gasteiger partial charge in [0, 0.05) is 0 Å². The van der Waals surface area contributed by atoms with Crippen LogP contribution in [-0.4, -0.2) is 62.3 Å². The molecule has 2 rings (SSSR count). The minimum Gasteiger partial charge on any atom is -0.394 e. The molecule has 0 aliphatic carbocycles. The van der Waals surface area contributed by atoms with Crippen LogP contribution >= 0.6 is 11.8 Å². The second-order valence-corrected chi connectivity index (χ2v) is 5.61. The number of H-pyrrole nitrogens is 1. The highest BCUT2D eigenvalue weighted by molar-refractivity contribution is 7.99. The van der Waals surface area contributed by atoms with E-state index in [1.54, 1.807) is 0 Å². The molecule has 1 aromatic heterocycles. The fourth-order valence-corrected chi connectivity index (χ4v) is 2.42. The number of rotatable bonds is 7. The molecule has 0 saturated carbocycles. The Balaban J connectivity index is 1.94. The van der Waals surface area contributed by atoms with E-state index in [1.807, 2.05) is 24.3 Å². The lowest BCUT2D eigenvalue weighted by Gasteiger charge is -2.28. The maximum Gasteiger partial charge on any atom is 0.231 e. The highest BCUT2D eigenvalue weighted by Crippen LogP contribution is 2.19. The SMILES string of the molecule is O=C(CSc1nc2ccccc2[nH]1)NC(CO)(CO)CO. The lowest BCUT2D eigenvalue weighted by molar-refractivity contribution is -0.122. The molecule has 1 aromatic carbocycles. The Hall–Kier alpha value is -1.61. The third-order valence-corrected chi connectivity index (χ3v) is 3.89. The molecular formula is C13H17N3O4S. The quantitative estimate of drug-likeness (QED) is 0.439. The number of carbonyl (C=O) groups is 1. The number of carbonyl (C=O) groups excluding carboxylic acids is 1.